The molecule has 0 bridgehead atoms. The largest absolute Gasteiger partial charge is 0.361 e. The van der Waals surface area contributed by atoms with Crippen LogP contribution in [-0.4, -0.2) is 39.0 Å². The van der Waals surface area contributed by atoms with E-state index in [2.05, 4.69) is 46.8 Å². The number of nitriles is 2. The molecule has 10 heteroatoms. The molecule has 168 valence electrons. The molecule has 4 heterocycles. The Labute approximate surface area is 197 Å². The molecular weight excluding hydrogens is 450 g/mol. The third kappa shape index (κ3) is 5.20. The number of aromatic nitrogens is 5. The van der Waals surface area contributed by atoms with Gasteiger partial charge in [0.05, 0.1) is 30.4 Å². The molecule has 1 unspecified atom stereocenters. The molecule has 0 aliphatic carbocycles. The standard InChI is InChI=1S/C23H25N7OSSi/c1-33(2,3)9-8-31-16-29-7-5-20-22(26-15-27-23(20)29)18-12-28-30(13-18)21(4-6-24)17-10-19(11-25)32-14-17/h5,7,10,12-15,21H,4,8-9,16H2,1-3H3. The molecule has 0 saturated carbocycles. The second-order valence-corrected chi connectivity index (χ2v) is 15.6. The van der Waals surface area contributed by atoms with E-state index in [-0.39, 0.29) is 12.5 Å². The average molecular weight is 476 g/mol. The highest BCUT2D eigenvalue weighted by Crippen LogP contribution is 2.30. The van der Waals surface area contributed by atoms with Crippen LogP contribution in [0, 0.1) is 22.7 Å². The molecular formula is C23H25N7OSSi. The normalized spacial score (nSPS) is 12.5. The smallest absolute Gasteiger partial charge is 0.145 e. The number of nitrogens with zero attached hydrogens (tertiary/aromatic N) is 7. The van der Waals surface area contributed by atoms with Gasteiger partial charge in [-0.3, -0.25) is 4.68 Å². The van der Waals surface area contributed by atoms with E-state index in [4.69, 9.17) is 10.00 Å². The highest BCUT2D eigenvalue weighted by atomic mass is 32.1. The van der Waals surface area contributed by atoms with Gasteiger partial charge in [-0.05, 0) is 29.1 Å². The minimum absolute atomic E-state index is 0.257. The van der Waals surface area contributed by atoms with Crippen LogP contribution in [0.15, 0.2) is 42.4 Å². The maximum Gasteiger partial charge on any atom is 0.145 e. The lowest BCUT2D eigenvalue weighted by Crippen LogP contribution is -2.22. The Hall–Kier alpha value is -3.31. The molecule has 0 aliphatic rings. The van der Waals surface area contributed by atoms with Crippen LogP contribution < -0.4 is 0 Å². The Bertz CT molecular complexity index is 1340. The lowest BCUT2D eigenvalue weighted by molar-refractivity contribution is 0.0899. The summed E-state index contributed by atoms with van der Waals surface area (Å²) in [6.07, 6.45) is 7.43. The van der Waals surface area contributed by atoms with E-state index in [9.17, 15) is 5.26 Å². The predicted molar refractivity (Wildman–Crippen MR) is 130 cm³/mol. The second kappa shape index (κ2) is 9.67. The van der Waals surface area contributed by atoms with Gasteiger partial charge in [0.2, 0.25) is 0 Å². The molecule has 0 N–H and O–H groups in total. The van der Waals surface area contributed by atoms with Crippen molar-refractivity contribution in [1.82, 2.24) is 24.3 Å². The van der Waals surface area contributed by atoms with Gasteiger partial charge in [0.1, 0.15) is 29.7 Å². The van der Waals surface area contributed by atoms with Crippen LogP contribution in [0.4, 0.5) is 0 Å². The Morgan fingerprint density at radius 2 is 2.09 bits per heavy atom. The Kier molecular flexibility index (Phi) is 6.70. The fourth-order valence-electron chi connectivity index (χ4n) is 3.54. The first kappa shape index (κ1) is 22.9. The summed E-state index contributed by atoms with van der Waals surface area (Å²) in [6, 6.07) is 9.05. The predicted octanol–water partition coefficient (Wildman–Crippen LogP) is 5.04. The first-order valence-electron chi connectivity index (χ1n) is 10.7. The highest BCUT2D eigenvalue weighted by Gasteiger charge is 2.19. The molecule has 4 aromatic rings. The fourth-order valence-corrected chi connectivity index (χ4v) is 5.05. The molecule has 0 radical (unpaired) electrons. The van der Waals surface area contributed by atoms with Gasteiger partial charge in [-0.15, -0.1) is 11.3 Å². The van der Waals surface area contributed by atoms with Gasteiger partial charge in [0.25, 0.3) is 0 Å². The number of thiophene rings is 1. The summed E-state index contributed by atoms with van der Waals surface area (Å²) < 4.78 is 9.66. The van der Waals surface area contributed by atoms with E-state index in [0.717, 1.165) is 40.5 Å². The lowest BCUT2D eigenvalue weighted by atomic mass is 10.1. The van der Waals surface area contributed by atoms with Crippen LogP contribution in [0.1, 0.15) is 22.9 Å². The van der Waals surface area contributed by atoms with Crippen LogP contribution in [0.2, 0.25) is 25.7 Å². The van der Waals surface area contributed by atoms with E-state index in [1.807, 2.05) is 34.5 Å². The minimum Gasteiger partial charge on any atom is -0.361 e. The van der Waals surface area contributed by atoms with E-state index < -0.39 is 8.07 Å². The third-order valence-corrected chi connectivity index (χ3v) is 7.93. The summed E-state index contributed by atoms with van der Waals surface area (Å²) in [6.45, 7) is 8.21. The van der Waals surface area contributed by atoms with Gasteiger partial charge in [-0.1, -0.05) is 19.6 Å². The molecule has 33 heavy (non-hydrogen) atoms. The topological polar surface area (TPSA) is 105 Å². The first-order valence-corrected chi connectivity index (χ1v) is 15.3. The summed E-state index contributed by atoms with van der Waals surface area (Å²) in [5, 5.41) is 25.8. The zero-order valence-electron chi connectivity index (χ0n) is 18.9. The number of hydrogen-bond acceptors (Lipinski definition) is 7. The zero-order valence-corrected chi connectivity index (χ0v) is 20.7. The van der Waals surface area contributed by atoms with Crippen LogP contribution >= 0.6 is 11.3 Å². The minimum atomic E-state index is -1.13. The fraction of sp³-hybridized carbons (Fsp3) is 0.348. The molecule has 0 amide bonds. The van der Waals surface area contributed by atoms with Gasteiger partial charge in [0.15, 0.2) is 0 Å². The van der Waals surface area contributed by atoms with Crippen LogP contribution in [-0.2, 0) is 11.5 Å². The SMILES string of the molecule is C[Si](C)(C)CCOCn1ccc2c(-c3cnn(C(CC#N)c4csc(C#N)c4)c3)ncnc21. The maximum absolute atomic E-state index is 9.34. The summed E-state index contributed by atoms with van der Waals surface area (Å²) in [4.78, 5) is 9.59. The molecule has 0 aromatic carbocycles. The number of hydrogen-bond donors (Lipinski definition) is 0. The molecule has 0 fully saturated rings. The molecule has 1 atom stereocenters. The van der Waals surface area contributed by atoms with Gasteiger partial charge in [-0.25, -0.2) is 9.97 Å². The van der Waals surface area contributed by atoms with Crippen LogP contribution in [0.3, 0.4) is 0 Å². The zero-order chi connectivity index (χ0) is 23.4. The molecule has 0 spiro atoms. The molecule has 4 rings (SSSR count). The van der Waals surface area contributed by atoms with Crippen molar-refractivity contribution in [3.8, 4) is 23.4 Å². The molecule has 0 saturated heterocycles. The van der Waals surface area contributed by atoms with Crippen molar-refractivity contribution in [2.45, 2.75) is 44.9 Å². The average Bonchev–Trinajstić information content (AvgIpc) is 3.54. The van der Waals surface area contributed by atoms with Crippen molar-refractivity contribution in [2.75, 3.05) is 6.61 Å². The summed E-state index contributed by atoms with van der Waals surface area (Å²) in [5.74, 6) is 0. The third-order valence-electron chi connectivity index (χ3n) is 5.38. The number of rotatable bonds is 9. The van der Waals surface area contributed by atoms with Gasteiger partial charge in [0, 0.05) is 38.0 Å². The van der Waals surface area contributed by atoms with Gasteiger partial charge in [-0.2, -0.15) is 15.6 Å². The van der Waals surface area contributed by atoms with E-state index in [0.29, 0.717) is 11.6 Å². The quantitative estimate of drug-likeness (QED) is 0.248. The summed E-state index contributed by atoms with van der Waals surface area (Å²) in [7, 11) is -1.13. The van der Waals surface area contributed by atoms with Crippen LogP contribution in [0.5, 0.6) is 0 Å². The maximum atomic E-state index is 9.34. The Morgan fingerprint density at radius 3 is 2.82 bits per heavy atom. The van der Waals surface area contributed by atoms with Gasteiger partial charge >= 0.3 is 0 Å². The molecule has 8 nitrogen and oxygen atoms in total. The van der Waals surface area contributed by atoms with Crippen molar-refractivity contribution in [3.05, 3.63) is 52.9 Å². The van der Waals surface area contributed by atoms with E-state index in [1.165, 1.54) is 11.3 Å². The molecule has 4 aromatic heterocycles. The monoisotopic (exact) mass is 475 g/mol. The Morgan fingerprint density at radius 1 is 1.24 bits per heavy atom. The molecule has 0 aliphatic heterocycles. The second-order valence-electron chi connectivity index (χ2n) is 9.04. The van der Waals surface area contributed by atoms with E-state index in [1.54, 1.807) is 17.2 Å². The van der Waals surface area contributed by atoms with Crippen LogP contribution in [0.25, 0.3) is 22.3 Å². The van der Waals surface area contributed by atoms with Crippen molar-refractivity contribution >= 4 is 30.4 Å². The van der Waals surface area contributed by atoms with Crippen molar-refractivity contribution < 1.29 is 4.74 Å². The number of ether oxygens (including phenoxy) is 1. The van der Waals surface area contributed by atoms with Crippen molar-refractivity contribution in [2.24, 2.45) is 0 Å². The van der Waals surface area contributed by atoms with Crippen molar-refractivity contribution in [1.29, 1.82) is 10.5 Å². The summed E-state index contributed by atoms with van der Waals surface area (Å²) >= 11 is 1.37. The highest BCUT2D eigenvalue weighted by molar-refractivity contribution is 7.10. The van der Waals surface area contributed by atoms with Gasteiger partial charge < -0.3 is 9.30 Å². The van der Waals surface area contributed by atoms with Crippen molar-refractivity contribution in [3.63, 3.8) is 0 Å². The number of fused-ring (bicyclic) bond motifs is 1. The summed E-state index contributed by atoms with van der Waals surface area (Å²) in [5.41, 5.74) is 3.34. The Balaban J connectivity index is 1.58. The van der Waals surface area contributed by atoms with E-state index >= 15 is 0 Å². The lowest BCUT2D eigenvalue weighted by Gasteiger charge is -2.15. The first-order chi connectivity index (χ1) is 15.9.